The average Bonchev–Trinajstić information content (AvgIpc) is 2.74. The minimum Gasteiger partial charge on any atom is -0.462 e. The number of fused-ring (bicyclic) bond motifs is 2. The van der Waals surface area contributed by atoms with Crippen molar-refractivity contribution in [2.24, 2.45) is 34.0 Å². The van der Waals surface area contributed by atoms with E-state index in [2.05, 4.69) is 6.58 Å². The highest BCUT2D eigenvalue weighted by Crippen LogP contribution is 2.76. The molecule has 4 saturated carbocycles. The molecule has 160 valence electrons. The molecule has 9 atom stereocenters. The molecule has 0 aromatic rings. The first-order chi connectivity index (χ1) is 13.5. The van der Waals surface area contributed by atoms with Gasteiger partial charge in [-0.2, -0.15) is 0 Å². The Labute approximate surface area is 170 Å². The molecule has 0 aromatic heterocycles. The van der Waals surface area contributed by atoms with Crippen LogP contribution in [0.25, 0.3) is 0 Å². The fourth-order valence-corrected chi connectivity index (χ4v) is 8.24. The number of esters is 1. The van der Waals surface area contributed by atoms with E-state index < -0.39 is 64.4 Å². The van der Waals surface area contributed by atoms with Crippen LogP contribution in [0.3, 0.4) is 0 Å². The number of ether oxygens (including phenoxy) is 2. The summed E-state index contributed by atoms with van der Waals surface area (Å²) in [5.41, 5.74) is -2.60. The molecule has 2 spiro atoms. The van der Waals surface area contributed by atoms with Crippen molar-refractivity contribution in [3.05, 3.63) is 12.2 Å². The van der Waals surface area contributed by atoms with Crippen LogP contribution >= 0.6 is 0 Å². The van der Waals surface area contributed by atoms with Gasteiger partial charge in [-0.25, -0.2) is 0 Å². The van der Waals surface area contributed by atoms with Gasteiger partial charge in [0.25, 0.3) is 0 Å². The summed E-state index contributed by atoms with van der Waals surface area (Å²) < 4.78 is 11.7. The van der Waals surface area contributed by atoms with Gasteiger partial charge < -0.3 is 24.8 Å². The van der Waals surface area contributed by atoms with Crippen LogP contribution in [0.2, 0.25) is 0 Å². The van der Waals surface area contributed by atoms with Gasteiger partial charge in [0, 0.05) is 24.2 Å². The summed E-state index contributed by atoms with van der Waals surface area (Å²) in [6.45, 7) is 9.43. The predicted molar refractivity (Wildman–Crippen MR) is 100 cm³/mol. The van der Waals surface area contributed by atoms with Crippen LogP contribution in [0.15, 0.2) is 12.2 Å². The number of ketones is 1. The van der Waals surface area contributed by atoms with Crippen molar-refractivity contribution in [1.82, 2.24) is 0 Å². The highest BCUT2D eigenvalue weighted by Gasteiger charge is 2.87. The Morgan fingerprint density at radius 2 is 1.90 bits per heavy atom. The molecule has 29 heavy (non-hydrogen) atoms. The van der Waals surface area contributed by atoms with E-state index in [0.29, 0.717) is 31.3 Å². The minimum atomic E-state index is -2.19. The zero-order valence-corrected chi connectivity index (χ0v) is 17.2. The first-order valence-electron chi connectivity index (χ1n) is 10.6. The quantitative estimate of drug-likeness (QED) is 0.439. The Kier molecular flexibility index (Phi) is 3.73. The van der Waals surface area contributed by atoms with Crippen LogP contribution in [-0.4, -0.2) is 57.8 Å². The van der Waals surface area contributed by atoms with E-state index in [9.17, 15) is 24.9 Å². The van der Waals surface area contributed by atoms with Gasteiger partial charge in [0.15, 0.2) is 5.78 Å². The number of rotatable bonds is 1. The Morgan fingerprint density at radius 1 is 1.21 bits per heavy atom. The maximum absolute atomic E-state index is 13.5. The fourth-order valence-electron chi connectivity index (χ4n) is 8.24. The van der Waals surface area contributed by atoms with Crippen LogP contribution in [0.5, 0.6) is 0 Å². The number of aliphatic hydroxyl groups excluding tert-OH is 2. The molecule has 1 unspecified atom stereocenters. The molecule has 7 nitrogen and oxygen atoms in total. The summed E-state index contributed by atoms with van der Waals surface area (Å²) in [5.74, 6) is -4.38. The number of carbonyl (C=O) groups excluding carboxylic acids is 2. The second-order valence-corrected chi connectivity index (χ2v) is 10.5. The summed E-state index contributed by atoms with van der Waals surface area (Å²) in [6.07, 6.45) is -0.674. The first-order valence-corrected chi connectivity index (χ1v) is 10.6. The van der Waals surface area contributed by atoms with E-state index >= 15 is 0 Å². The smallest absolute Gasteiger partial charge is 0.302 e. The summed E-state index contributed by atoms with van der Waals surface area (Å²) in [7, 11) is 0. The molecule has 2 saturated heterocycles. The van der Waals surface area contributed by atoms with Gasteiger partial charge in [-0.15, -0.1) is 0 Å². The Morgan fingerprint density at radius 3 is 2.55 bits per heavy atom. The molecule has 3 N–H and O–H groups in total. The lowest BCUT2D eigenvalue weighted by atomic mass is 9.35. The number of aliphatic hydroxyl groups is 3. The Balaban J connectivity index is 1.79. The molecule has 7 heteroatoms. The third-order valence-electron chi connectivity index (χ3n) is 9.16. The monoisotopic (exact) mass is 406 g/mol. The SMILES string of the molecule is C=C1C(=O)[C@]23C(O)[C@H]1CC[C@H]2[C@@]12CO[C@]3(O)[C@@H](O)[C@@H]1C(C)(C)CC[C@@H]2OC(C)=O. The molecule has 0 radical (unpaired) electrons. The van der Waals surface area contributed by atoms with E-state index in [1.54, 1.807) is 0 Å². The molecular weight excluding hydrogens is 376 g/mol. The van der Waals surface area contributed by atoms with Crippen molar-refractivity contribution in [3.8, 4) is 0 Å². The number of Topliss-reactive ketones (excluding diaryl/α,β-unsaturated/α-hetero) is 1. The molecule has 2 aliphatic heterocycles. The Hall–Kier alpha value is -1.28. The third kappa shape index (κ3) is 1.86. The van der Waals surface area contributed by atoms with Crippen LogP contribution in [0.1, 0.15) is 46.5 Å². The third-order valence-corrected chi connectivity index (χ3v) is 9.16. The number of carbonyl (C=O) groups is 2. The van der Waals surface area contributed by atoms with Crippen LogP contribution in [0, 0.1) is 34.0 Å². The van der Waals surface area contributed by atoms with Gasteiger partial charge in [-0.3, -0.25) is 9.59 Å². The fraction of sp³-hybridized carbons (Fsp3) is 0.818. The van der Waals surface area contributed by atoms with E-state index in [1.165, 1.54) is 6.92 Å². The molecule has 2 heterocycles. The second-order valence-electron chi connectivity index (χ2n) is 10.5. The lowest BCUT2D eigenvalue weighted by molar-refractivity contribution is -0.458. The van der Waals surface area contributed by atoms with E-state index in [4.69, 9.17) is 9.47 Å². The normalized spacial score (nSPS) is 54.7. The van der Waals surface area contributed by atoms with E-state index in [-0.39, 0.29) is 12.0 Å². The maximum atomic E-state index is 13.5. The summed E-state index contributed by atoms with van der Waals surface area (Å²) in [5, 5.41) is 34.5. The molecule has 6 fully saturated rings. The molecule has 6 aliphatic rings. The zero-order chi connectivity index (χ0) is 21.1. The van der Waals surface area contributed by atoms with Crippen LogP contribution in [0.4, 0.5) is 0 Å². The van der Waals surface area contributed by atoms with E-state index in [1.807, 2.05) is 13.8 Å². The van der Waals surface area contributed by atoms with Gasteiger partial charge >= 0.3 is 5.97 Å². The second kappa shape index (κ2) is 5.49. The van der Waals surface area contributed by atoms with Crippen molar-refractivity contribution in [2.75, 3.05) is 6.61 Å². The highest BCUT2D eigenvalue weighted by atomic mass is 16.6. The topological polar surface area (TPSA) is 113 Å². The molecule has 6 rings (SSSR count). The Bertz CT molecular complexity index is 820. The minimum absolute atomic E-state index is 0.0795. The van der Waals surface area contributed by atoms with Crippen molar-refractivity contribution in [3.63, 3.8) is 0 Å². The average molecular weight is 406 g/mol. The number of hydrogen-bond donors (Lipinski definition) is 3. The molecule has 4 aliphatic carbocycles. The van der Waals surface area contributed by atoms with Gasteiger partial charge in [0.2, 0.25) is 5.79 Å². The zero-order valence-electron chi connectivity index (χ0n) is 17.2. The molecule has 0 aromatic carbocycles. The van der Waals surface area contributed by atoms with Gasteiger partial charge in [0.05, 0.1) is 12.7 Å². The maximum Gasteiger partial charge on any atom is 0.302 e. The standard InChI is InChI=1S/C22H30O7/c1-10-12-5-6-13-20-9-28-22(27,21(13,16(10)24)17(12)25)18(26)15(20)19(3,4)8-7-14(20)29-11(2)23/h12-15,17-18,25-27H,1,5-9H2,2-4H3/t12-,13-,14-,15+,17?,18-,20+,21-,22+/m0/s1. The summed E-state index contributed by atoms with van der Waals surface area (Å²) >= 11 is 0. The summed E-state index contributed by atoms with van der Waals surface area (Å²) in [4.78, 5) is 25.5. The lowest BCUT2D eigenvalue weighted by Crippen LogP contribution is -2.85. The van der Waals surface area contributed by atoms with Gasteiger partial charge in [-0.1, -0.05) is 20.4 Å². The first kappa shape index (κ1) is 19.7. The largest absolute Gasteiger partial charge is 0.462 e. The predicted octanol–water partition coefficient (Wildman–Crippen LogP) is 0.946. The van der Waals surface area contributed by atoms with Crippen LogP contribution in [-0.2, 0) is 19.1 Å². The van der Waals surface area contributed by atoms with Gasteiger partial charge in [0.1, 0.15) is 17.6 Å². The van der Waals surface area contributed by atoms with E-state index in [0.717, 1.165) is 0 Å². The van der Waals surface area contributed by atoms with Crippen molar-refractivity contribution in [1.29, 1.82) is 0 Å². The van der Waals surface area contributed by atoms with Crippen molar-refractivity contribution < 1.29 is 34.4 Å². The van der Waals surface area contributed by atoms with Crippen LogP contribution < -0.4 is 0 Å². The lowest BCUT2D eigenvalue weighted by Gasteiger charge is -2.74. The number of hydrogen-bond acceptors (Lipinski definition) is 7. The molecule has 4 bridgehead atoms. The molecular formula is C22H30O7. The summed E-state index contributed by atoms with van der Waals surface area (Å²) in [6, 6.07) is 0. The highest BCUT2D eigenvalue weighted by molar-refractivity contribution is 6.05. The molecule has 0 amide bonds. The van der Waals surface area contributed by atoms with Gasteiger partial charge in [-0.05, 0) is 42.6 Å². The van der Waals surface area contributed by atoms with Crippen molar-refractivity contribution in [2.45, 2.75) is 70.6 Å². The van der Waals surface area contributed by atoms with Crippen molar-refractivity contribution >= 4 is 11.8 Å².